The molecule has 0 aliphatic carbocycles. The molecule has 3 saturated heterocycles. The first-order valence-electron chi connectivity index (χ1n) is 8.16. The van der Waals surface area contributed by atoms with Gasteiger partial charge in [0, 0.05) is 25.2 Å². The van der Waals surface area contributed by atoms with Crippen molar-refractivity contribution in [3.8, 4) is 0 Å². The molecule has 3 heteroatoms. The maximum atomic E-state index is 5.99. The van der Waals surface area contributed by atoms with E-state index >= 15 is 0 Å². The lowest BCUT2D eigenvalue weighted by Crippen LogP contribution is -2.52. The Balaban J connectivity index is 1.47. The molecule has 2 bridgehead atoms. The fraction of sp³-hybridized carbons (Fsp3) is 1.00. The van der Waals surface area contributed by atoms with E-state index in [9.17, 15) is 0 Å². The minimum Gasteiger partial charge on any atom is -0.370 e. The average Bonchev–Trinajstić information content (AvgIpc) is 2.63. The summed E-state index contributed by atoms with van der Waals surface area (Å²) in [4.78, 5) is 2.62. The first-order valence-corrected chi connectivity index (χ1v) is 8.16. The number of nitrogens with one attached hydrogen (secondary N) is 1. The van der Waals surface area contributed by atoms with Crippen LogP contribution in [0.15, 0.2) is 0 Å². The lowest BCUT2D eigenvalue weighted by molar-refractivity contribution is -0.129. The van der Waals surface area contributed by atoms with E-state index in [1.807, 2.05) is 0 Å². The number of piperidine rings is 1. The second-order valence-corrected chi connectivity index (χ2v) is 7.69. The Bertz CT molecular complexity index is 306. The summed E-state index contributed by atoms with van der Waals surface area (Å²) >= 11 is 0. The van der Waals surface area contributed by atoms with E-state index in [1.54, 1.807) is 0 Å². The van der Waals surface area contributed by atoms with Crippen molar-refractivity contribution in [3.05, 3.63) is 0 Å². The van der Waals surface area contributed by atoms with Gasteiger partial charge in [-0.25, -0.2) is 0 Å². The van der Waals surface area contributed by atoms with Gasteiger partial charge in [0.15, 0.2) is 0 Å². The highest BCUT2D eigenvalue weighted by atomic mass is 16.5. The van der Waals surface area contributed by atoms with Gasteiger partial charge in [-0.1, -0.05) is 0 Å². The number of morpholine rings is 1. The first-order chi connectivity index (χ1) is 9.00. The van der Waals surface area contributed by atoms with Crippen LogP contribution in [0.3, 0.4) is 0 Å². The Kier molecular flexibility index (Phi) is 3.89. The van der Waals surface area contributed by atoms with Gasteiger partial charge < -0.3 is 10.1 Å². The van der Waals surface area contributed by atoms with Crippen LogP contribution in [0.4, 0.5) is 0 Å². The van der Waals surface area contributed by atoms with Gasteiger partial charge in [-0.15, -0.1) is 0 Å². The van der Waals surface area contributed by atoms with Crippen molar-refractivity contribution >= 4 is 0 Å². The predicted molar refractivity (Wildman–Crippen MR) is 78.4 cm³/mol. The van der Waals surface area contributed by atoms with Gasteiger partial charge in [0.25, 0.3) is 0 Å². The minimum absolute atomic E-state index is 0.0326. The lowest BCUT2D eigenvalue weighted by Gasteiger charge is -2.42. The molecule has 0 aromatic rings. The third-order valence-corrected chi connectivity index (χ3v) is 5.06. The van der Waals surface area contributed by atoms with Gasteiger partial charge in [0.05, 0.1) is 11.7 Å². The highest BCUT2D eigenvalue weighted by Gasteiger charge is 2.35. The molecule has 3 aliphatic heterocycles. The van der Waals surface area contributed by atoms with Crippen molar-refractivity contribution in [2.45, 2.75) is 76.7 Å². The Labute approximate surface area is 118 Å². The molecule has 110 valence electrons. The number of hydrogen-bond acceptors (Lipinski definition) is 3. The summed E-state index contributed by atoms with van der Waals surface area (Å²) in [5, 5.41) is 3.74. The standard InChI is InChI=1S/C16H30N2O/c1-12-10-18(11-16(2,3)19-12)7-6-13-8-14-4-5-15(9-13)17-14/h12-15,17H,4-11H2,1-3H3. The van der Waals surface area contributed by atoms with E-state index in [1.165, 1.54) is 38.6 Å². The van der Waals surface area contributed by atoms with Crippen LogP contribution in [-0.4, -0.2) is 48.3 Å². The molecule has 3 aliphatic rings. The molecule has 0 radical (unpaired) electrons. The zero-order valence-corrected chi connectivity index (χ0v) is 12.8. The SMILES string of the molecule is CC1CN(CCC2CC3CCC(C2)N3)CC(C)(C)O1. The summed E-state index contributed by atoms with van der Waals surface area (Å²) in [5.41, 5.74) is 0.0326. The fourth-order valence-corrected chi connectivity index (χ4v) is 4.53. The lowest BCUT2D eigenvalue weighted by atomic mass is 9.89. The third-order valence-electron chi connectivity index (χ3n) is 5.06. The Morgan fingerprint density at radius 1 is 1.21 bits per heavy atom. The van der Waals surface area contributed by atoms with E-state index in [0.717, 1.165) is 31.1 Å². The number of nitrogens with zero attached hydrogens (tertiary/aromatic N) is 1. The summed E-state index contributed by atoms with van der Waals surface area (Å²) in [6, 6.07) is 1.67. The van der Waals surface area contributed by atoms with E-state index in [-0.39, 0.29) is 5.60 Å². The number of ether oxygens (including phenoxy) is 1. The Morgan fingerprint density at radius 3 is 2.53 bits per heavy atom. The van der Waals surface area contributed by atoms with Gasteiger partial charge in [-0.3, -0.25) is 4.90 Å². The van der Waals surface area contributed by atoms with Crippen LogP contribution < -0.4 is 5.32 Å². The molecular weight excluding hydrogens is 236 g/mol. The summed E-state index contributed by atoms with van der Waals surface area (Å²) < 4.78 is 5.99. The zero-order valence-electron chi connectivity index (χ0n) is 12.8. The topological polar surface area (TPSA) is 24.5 Å². The molecule has 3 atom stereocenters. The van der Waals surface area contributed by atoms with Crippen molar-refractivity contribution in [1.82, 2.24) is 10.2 Å². The molecule has 3 fully saturated rings. The van der Waals surface area contributed by atoms with Crippen LogP contribution in [0.2, 0.25) is 0 Å². The quantitative estimate of drug-likeness (QED) is 0.849. The molecule has 19 heavy (non-hydrogen) atoms. The maximum Gasteiger partial charge on any atom is 0.0757 e. The summed E-state index contributed by atoms with van der Waals surface area (Å²) in [6.07, 6.45) is 7.44. The Morgan fingerprint density at radius 2 is 1.89 bits per heavy atom. The Hall–Kier alpha value is -0.120. The predicted octanol–water partition coefficient (Wildman–Crippen LogP) is 2.41. The van der Waals surface area contributed by atoms with Crippen LogP contribution in [0.25, 0.3) is 0 Å². The summed E-state index contributed by atoms with van der Waals surface area (Å²) in [6.45, 7) is 10.1. The van der Waals surface area contributed by atoms with Crippen molar-refractivity contribution in [3.63, 3.8) is 0 Å². The molecule has 0 aromatic carbocycles. The van der Waals surface area contributed by atoms with Gasteiger partial charge in [0.2, 0.25) is 0 Å². The van der Waals surface area contributed by atoms with Crippen molar-refractivity contribution in [1.29, 1.82) is 0 Å². The largest absolute Gasteiger partial charge is 0.370 e. The average molecular weight is 266 g/mol. The first kappa shape index (κ1) is 13.8. The zero-order chi connectivity index (χ0) is 13.5. The van der Waals surface area contributed by atoms with Gasteiger partial charge >= 0.3 is 0 Å². The highest BCUT2D eigenvalue weighted by molar-refractivity contribution is 4.92. The maximum absolute atomic E-state index is 5.99. The number of fused-ring (bicyclic) bond motifs is 2. The van der Waals surface area contributed by atoms with Gasteiger partial charge in [-0.05, 0) is 65.3 Å². The van der Waals surface area contributed by atoms with Gasteiger partial charge in [0.1, 0.15) is 0 Å². The van der Waals surface area contributed by atoms with Crippen molar-refractivity contribution in [2.75, 3.05) is 19.6 Å². The number of rotatable bonds is 3. The van der Waals surface area contributed by atoms with E-state index < -0.39 is 0 Å². The van der Waals surface area contributed by atoms with Crippen LogP contribution in [-0.2, 0) is 4.74 Å². The molecule has 1 N–H and O–H groups in total. The molecule has 0 spiro atoms. The molecule has 3 heterocycles. The van der Waals surface area contributed by atoms with E-state index in [2.05, 4.69) is 31.0 Å². The van der Waals surface area contributed by atoms with E-state index in [4.69, 9.17) is 4.74 Å². The van der Waals surface area contributed by atoms with Crippen LogP contribution >= 0.6 is 0 Å². The smallest absolute Gasteiger partial charge is 0.0757 e. The number of hydrogen-bond donors (Lipinski definition) is 1. The third kappa shape index (κ3) is 3.50. The molecule has 3 unspecified atom stereocenters. The normalized spacial score (nSPS) is 42.5. The second kappa shape index (κ2) is 5.34. The monoisotopic (exact) mass is 266 g/mol. The molecule has 0 saturated carbocycles. The molecule has 3 rings (SSSR count). The highest BCUT2D eigenvalue weighted by Crippen LogP contribution is 2.33. The van der Waals surface area contributed by atoms with Crippen LogP contribution in [0.1, 0.15) is 52.9 Å². The summed E-state index contributed by atoms with van der Waals surface area (Å²) in [5.74, 6) is 0.958. The summed E-state index contributed by atoms with van der Waals surface area (Å²) in [7, 11) is 0. The van der Waals surface area contributed by atoms with E-state index in [0.29, 0.717) is 6.10 Å². The van der Waals surface area contributed by atoms with Crippen molar-refractivity contribution < 1.29 is 4.74 Å². The van der Waals surface area contributed by atoms with Gasteiger partial charge in [-0.2, -0.15) is 0 Å². The fourth-order valence-electron chi connectivity index (χ4n) is 4.53. The molecular formula is C16H30N2O. The molecule has 0 aromatic heterocycles. The van der Waals surface area contributed by atoms with Crippen molar-refractivity contribution in [2.24, 2.45) is 5.92 Å². The second-order valence-electron chi connectivity index (χ2n) is 7.69. The molecule has 0 amide bonds. The molecule has 3 nitrogen and oxygen atoms in total. The van der Waals surface area contributed by atoms with Crippen LogP contribution in [0.5, 0.6) is 0 Å². The minimum atomic E-state index is 0.0326. The van der Waals surface area contributed by atoms with Crippen LogP contribution in [0, 0.1) is 5.92 Å².